The van der Waals surface area contributed by atoms with Gasteiger partial charge in [0.2, 0.25) is 0 Å². The summed E-state index contributed by atoms with van der Waals surface area (Å²) in [6, 6.07) is 0. The smallest absolute Gasteiger partial charge is 0.0167 e. The summed E-state index contributed by atoms with van der Waals surface area (Å²) in [4.78, 5) is 0. The Hall–Kier alpha value is -0.520. The Balaban J connectivity index is 4.27. The Morgan fingerprint density at radius 2 is 1.62 bits per heavy atom. The summed E-state index contributed by atoms with van der Waals surface area (Å²) < 4.78 is 0. The molecule has 0 bridgehead atoms. The lowest BCUT2D eigenvalue weighted by atomic mass is 9.79. The maximum atomic E-state index is 4.05. The molecule has 0 aromatic heterocycles. The second kappa shape index (κ2) is 4.64. The van der Waals surface area contributed by atoms with Crippen LogP contribution in [0.3, 0.4) is 0 Å². The van der Waals surface area contributed by atoms with E-state index in [1.807, 2.05) is 0 Å². The summed E-state index contributed by atoms with van der Waals surface area (Å²) >= 11 is 0. The first-order chi connectivity index (χ1) is 5.72. The Morgan fingerprint density at radius 3 is 1.85 bits per heavy atom. The van der Waals surface area contributed by atoms with Crippen molar-refractivity contribution in [3.05, 3.63) is 24.3 Å². The second-order valence-corrected chi connectivity index (χ2v) is 5.47. The minimum atomic E-state index is 0.388. The van der Waals surface area contributed by atoms with Crippen molar-refractivity contribution in [1.29, 1.82) is 0 Å². The molecule has 1 atom stereocenters. The highest BCUT2D eigenvalue weighted by Crippen LogP contribution is 2.31. The SMILES string of the molecule is C=C(C)CC(CC(C)(C)C)C(=C)C. The molecule has 0 heterocycles. The van der Waals surface area contributed by atoms with E-state index >= 15 is 0 Å². The third-order valence-corrected chi connectivity index (χ3v) is 2.15. The first-order valence-corrected chi connectivity index (χ1v) is 5.02. The minimum absolute atomic E-state index is 0.388. The molecule has 0 nitrogen and oxygen atoms in total. The van der Waals surface area contributed by atoms with Gasteiger partial charge in [0.1, 0.15) is 0 Å². The van der Waals surface area contributed by atoms with E-state index in [9.17, 15) is 0 Å². The summed E-state index contributed by atoms with van der Waals surface area (Å²) in [5, 5.41) is 0. The van der Waals surface area contributed by atoms with E-state index in [0.717, 1.165) is 6.42 Å². The third kappa shape index (κ3) is 6.62. The average molecular weight is 180 g/mol. The van der Waals surface area contributed by atoms with Crippen molar-refractivity contribution in [3.63, 3.8) is 0 Å². The van der Waals surface area contributed by atoms with Crippen LogP contribution in [0.25, 0.3) is 0 Å². The van der Waals surface area contributed by atoms with Crippen molar-refractivity contribution < 1.29 is 0 Å². The van der Waals surface area contributed by atoms with Crippen molar-refractivity contribution in [3.8, 4) is 0 Å². The number of allylic oxidation sites excluding steroid dienone is 2. The highest BCUT2D eigenvalue weighted by atomic mass is 14.2. The van der Waals surface area contributed by atoms with Gasteiger partial charge < -0.3 is 0 Å². The van der Waals surface area contributed by atoms with Crippen LogP contribution < -0.4 is 0 Å². The van der Waals surface area contributed by atoms with Gasteiger partial charge in [-0.25, -0.2) is 0 Å². The monoisotopic (exact) mass is 180 g/mol. The number of hydrogen-bond donors (Lipinski definition) is 0. The average Bonchev–Trinajstić information content (AvgIpc) is 1.81. The Kier molecular flexibility index (Phi) is 4.46. The standard InChI is InChI=1S/C13H24/c1-10(2)8-12(11(3)4)9-13(5,6)7/h12H,1,3,8-9H2,2,4-7H3. The molecule has 0 aromatic rings. The van der Waals surface area contributed by atoms with Gasteiger partial charge in [-0.3, -0.25) is 0 Å². The molecule has 0 rings (SSSR count). The van der Waals surface area contributed by atoms with Gasteiger partial charge in [0.05, 0.1) is 0 Å². The molecule has 0 saturated carbocycles. The summed E-state index contributed by atoms with van der Waals surface area (Å²) in [7, 11) is 0. The van der Waals surface area contributed by atoms with Gasteiger partial charge in [-0.1, -0.05) is 38.5 Å². The zero-order chi connectivity index (χ0) is 10.6. The molecule has 1 unspecified atom stereocenters. The van der Waals surface area contributed by atoms with E-state index < -0.39 is 0 Å². The fourth-order valence-corrected chi connectivity index (χ4v) is 1.58. The Bertz CT molecular complexity index is 191. The van der Waals surface area contributed by atoms with E-state index in [1.165, 1.54) is 17.6 Å². The Labute approximate surface area is 83.7 Å². The molecule has 0 fully saturated rings. The van der Waals surface area contributed by atoms with E-state index in [0.29, 0.717) is 11.3 Å². The molecule has 0 saturated heterocycles. The highest BCUT2D eigenvalue weighted by molar-refractivity contribution is 5.04. The van der Waals surface area contributed by atoms with Crippen LogP contribution in [-0.4, -0.2) is 0 Å². The molecule has 0 N–H and O–H groups in total. The molecule has 0 aliphatic carbocycles. The van der Waals surface area contributed by atoms with E-state index in [4.69, 9.17) is 0 Å². The molecule has 76 valence electrons. The van der Waals surface area contributed by atoms with Crippen molar-refractivity contribution in [1.82, 2.24) is 0 Å². The molecule has 13 heavy (non-hydrogen) atoms. The predicted octanol–water partition coefficient (Wildman–Crippen LogP) is 4.58. The van der Waals surface area contributed by atoms with Crippen LogP contribution in [-0.2, 0) is 0 Å². The molecule has 0 radical (unpaired) electrons. The topological polar surface area (TPSA) is 0 Å². The number of rotatable bonds is 4. The molecule has 0 heteroatoms. The molecule has 0 amide bonds. The third-order valence-electron chi connectivity index (χ3n) is 2.15. The van der Waals surface area contributed by atoms with Gasteiger partial charge in [0.25, 0.3) is 0 Å². The second-order valence-electron chi connectivity index (χ2n) is 5.47. The van der Waals surface area contributed by atoms with Gasteiger partial charge in [-0.05, 0) is 38.0 Å². The quantitative estimate of drug-likeness (QED) is 0.555. The van der Waals surface area contributed by atoms with Crippen molar-refractivity contribution in [2.75, 3.05) is 0 Å². The van der Waals surface area contributed by atoms with Crippen molar-refractivity contribution in [2.24, 2.45) is 11.3 Å². The lowest BCUT2D eigenvalue weighted by molar-refractivity contribution is 0.316. The van der Waals surface area contributed by atoms with Crippen LogP contribution in [0.15, 0.2) is 24.3 Å². The van der Waals surface area contributed by atoms with Gasteiger partial charge in [0, 0.05) is 0 Å². The van der Waals surface area contributed by atoms with Crippen molar-refractivity contribution in [2.45, 2.75) is 47.5 Å². The molecule has 0 aliphatic heterocycles. The van der Waals surface area contributed by atoms with Crippen molar-refractivity contribution >= 4 is 0 Å². The molecule has 0 spiro atoms. The molecule has 0 aromatic carbocycles. The predicted molar refractivity (Wildman–Crippen MR) is 61.8 cm³/mol. The lowest BCUT2D eigenvalue weighted by Gasteiger charge is -2.26. The Morgan fingerprint density at radius 1 is 1.15 bits per heavy atom. The van der Waals surface area contributed by atoms with Crippen LogP contribution in [0.2, 0.25) is 0 Å². The fraction of sp³-hybridized carbons (Fsp3) is 0.692. The number of hydrogen-bond acceptors (Lipinski definition) is 0. The largest absolute Gasteiger partial charge is 0.100 e. The minimum Gasteiger partial charge on any atom is -0.100 e. The zero-order valence-electron chi connectivity index (χ0n) is 9.91. The molecular weight excluding hydrogens is 156 g/mol. The molecular formula is C13H24. The first kappa shape index (κ1) is 12.5. The molecule has 0 aliphatic rings. The summed E-state index contributed by atoms with van der Waals surface area (Å²) in [6.45, 7) is 19.1. The van der Waals surface area contributed by atoms with E-state index in [1.54, 1.807) is 0 Å². The van der Waals surface area contributed by atoms with Gasteiger partial charge in [-0.2, -0.15) is 0 Å². The summed E-state index contributed by atoms with van der Waals surface area (Å²) in [6.07, 6.45) is 2.29. The normalized spacial score (nSPS) is 13.9. The van der Waals surface area contributed by atoms with Crippen LogP contribution in [0.1, 0.15) is 47.5 Å². The van der Waals surface area contributed by atoms with Crippen LogP contribution in [0.5, 0.6) is 0 Å². The zero-order valence-corrected chi connectivity index (χ0v) is 9.91. The van der Waals surface area contributed by atoms with E-state index in [-0.39, 0.29) is 0 Å². The van der Waals surface area contributed by atoms with Gasteiger partial charge >= 0.3 is 0 Å². The van der Waals surface area contributed by atoms with Gasteiger partial charge in [0.15, 0.2) is 0 Å². The first-order valence-electron chi connectivity index (χ1n) is 5.02. The van der Waals surface area contributed by atoms with Crippen LogP contribution >= 0.6 is 0 Å². The van der Waals surface area contributed by atoms with Crippen LogP contribution in [0.4, 0.5) is 0 Å². The summed E-state index contributed by atoms with van der Waals surface area (Å²) in [5.41, 5.74) is 2.94. The maximum absolute atomic E-state index is 4.05. The highest BCUT2D eigenvalue weighted by Gasteiger charge is 2.18. The van der Waals surface area contributed by atoms with Crippen LogP contribution in [0, 0.1) is 11.3 Å². The van der Waals surface area contributed by atoms with E-state index in [2.05, 4.69) is 47.8 Å². The summed E-state index contributed by atoms with van der Waals surface area (Å²) in [5.74, 6) is 0.609. The maximum Gasteiger partial charge on any atom is -0.0167 e. The lowest BCUT2D eigenvalue weighted by Crippen LogP contribution is -2.14. The van der Waals surface area contributed by atoms with Gasteiger partial charge in [-0.15, -0.1) is 6.58 Å². The fourth-order valence-electron chi connectivity index (χ4n) is 1.58.